The van der Waals surface area contributed by atoms with Gasteiger partial charge in [0.2, 0.25) is 5.91 Å². The van der Waals surface area contributed by atoms with Crippen LogP contribution in [0.4, 0.5) is 30.4 Å². The van der Waals surface area contributed by atoms with Crippen molar-refractivity contribution in [2.75, 3.05) is 56.1 Å². The van der Waals surface area contributed by atoms with Crippen molar-refractivity contribution >= 4 is 34.7 Å². The van der Waals surface area contributed by atoms with E-state index < -0.39 is 11.7 Å². The van der Waals surface area contributed by atoms with Gasteiger partial charge >= 0.3 is 6.18 Å². The highest BCUT2D eigenvalue weighted by molar-refractivity contribution is 6.32. The van der Waals surface area contributed by atoms with Crippen molar-refractivity contribution in [3.63, 3.8) is 0 Å². The quantitative estimate of drug-likeness (QED) is 0.354. The van der Waals surface area contributed by atoms with Gasteiger partial charge in [0.15, 0.2) is 0 Å². The fourth-order valence-corrected chi connectivity index (χ4v) is 5.39. The third-order valence-corrected chi connectivity index (χ3v) is 7.73. The zero-order chi connectivity index (χ0) is 29.0. The maximum atomic E-state index is 13.2. The Morgan fingerprint density at radius 3 is 2.61 bits per heavy atom. The maximum Gasteiger partial charge on any atom is 0.416 e. The van der Waals surface area contributed by atoms with E-state index in [2.05, 4.69) is 20.2 Å². The summed E-state index contributed by atoms with van der Waals surface area (Å²) in [5.41, 5.74) is 2.28. The minimum Gasteiger partial charge on any atom is -0.492 e. The average molecular weight is 589 g/mol. The molecule has 0 saturated carbocycles. The number of hydrogen-bond acceptors (Lipinski definition) is 7. The van der Waals surface area contributed by atoms with Crippen molar-refractivity contribution in [1.29, 1.82) is 0 Å². The predicted octanol–water partition coefficient (Wildman–Crippen LogP) is 5.39. The fourth-order valence-electron chi connectivity index (χ4n) is 5.15. The van der Waals surface area contributed by atoms with E-state index in [-0.39, 0.29) is 5.91 Å². The van der Waals surface area contributed by atoms with Crippen LogP contribution in [0, 0.1) is 0 Å². The molecule has 0 spiro atoms. The fraction of sp³-hybridized carbons (Fsp3) is 0.414. The Balaban J connectivity index is 1.15. The zero-order valence-electron chi connectivity index (χ0n) is 22.8. The van der Waals surface area contributed by atoms with Crippen molar-refractivity contribution in [3.8, 4) is 5.75 Å². The number of carbonyl (C=O) groups is 1. The van der Waals surface area contributed by atoms with Crippen LogP contribution >= 0.6 is 11.6 Å². The van der Waals surface area contributed by atoms with Crippen LogP contribution in [0.2, 0.25) is 5.02 Å². The highest BCUT2D eigenvalue weighted by atomic mass is 35.5. The first-order valence-electron chi connectivity index (χ1n) is 13.6. The first-order valence-corrected chi connectivity index (χ1v) is 14.0. The molecule has 2 aromatic carbocycles. The van der Waals surface area contributed by atoms with Gasteiger partial charge in [-0.1, -0.05) is 17.7 Å². The molecule has 3 heterocycles. The number of halogens is 4. The summed E-state index contributed by atoms with van der Waals surface area (Å²) in [5.74, 6) is 1.37. The molecule has 1 aromatic heterocycles. The van der Waals surface area contributed by atoms with Crippen molar-refractivity contribution in [3.05, 3.63) is 70.6 Å². The van der Waals surface area contributed by atoms with Crippen LogP contribution in [0.25, 0.3) is 0 Å². The number of alkyl halides is 3. The number of piperazine rings is 1. The summed E-state index contributed by atoms with van der Waals surface area (Å²) < 4.78 is 45.5. The Bertz CT molecular complexity index is 1380. The molecule has 2 aliphatic heterocycles. The van der Waals surface area contributed by atoms with E-state index in [1.54, 1.807) is 19.1 Å². The van der Waals surface area contributed by atoms with E-state index in [1.807, 2.05) is 21.9 Å². The Kier molecular flexibility index (Phi) is 8.84. The zero-order valence-corrected chi connectivity index (χ0v) is 23.5. The summed E-state index contributed by atoms with van der Waals surface area (Å²) in [7, 11) is 0. The van der Waals surface area contributed by atoms with Crippen molar-refractivity contribution in [2.45, 2.75) is 32.5 Å². The number of rotatable bonds is 8. The van der Waals surface area contributed by atoms with Crippen LogP contribution in [0.1, 0.15) is 30.2 Å². The van der Waals surface area contributed by atoms with Gasteiger partial charge < -0.3 is 19.9 Å². The molecular weight excluding hydrogens is 557 g/mol. The van der Waals surface area contributed by atoms with Crippen LogP contribution in [0.15, 0.2) is 48.8 Å². The van der Waals surface area contributed by atoms with Crippen LogP contribution in [0.5, 0.6) is 5.75 Å². The summed E-state index contributed by atoms with van der Waals surface area (Å²) in [4.78, 5) is 26.4. The van der Waals surface area contributed by atoms with Crippen molar-refractivity contribution in [1.82, 2.24) is 19.8 Å². The van der Waals surface area contributed by atoms with Gasteiger partial charge in [-0.25, -0.2) is 9.97 Å². The summed E-state index contributed by atoms with van der Waals surface area (Å²) in [6.45, 7) is 7.22. The second kappa shape index (κ2) is 12.5. The molecule has 1 fully saturated rings. The molecular formula is C29H32ClF3N6O2. The predicted molar refractivity (Wildman–Crippen MR) is 152 cm³/mol. The largest absolute Gasteiger partial charge is 0.492 e. The Labute approximate surface area is 242 Å². The number of nitrogens with one attached hydrogen (secondary N) is 1. The molecule has 5 rings (SSSR count). The lowest BCUT2D eigenvalue weighted by atomic mass is 10.0. The topological polar surface area (TPSA) is 73.8 Å². The van der Waals surface area contributed by atoms with Gasteiger partial charge in [0.25, 0.3) is 0 Å². The molecule has 12 heteroatoms. The van der Waals surface area contributed by atoms with E-state index >= 15 is 0 Å². The van der Waals surface area contributed by atoms with Crippen LogP contribution < -0.4 is 15.0 Å². The molecule has 0 aliphatic carbocycles. The van der Waals surface area contributed by atoms with Gasteiger partial charge in [-0.05, 0) is 49.2 Å². The van der Waals surface area contributed by atoms with Gasteiger partial charge in [-0.3, -0.25) is 9.69 Å². The SMILES string of the molecule is CC(=O)N1CCN(CCCOc2ccc(Nc3ncnc4c3CCN(c3cccc(C(F)(F)F)c3)C4)cc2Cl)CC1. The lowest BCUT2D eigenvalue weighted by Gasteiger charge is -2.34. The van der Waals surface area contributed by atoms with Crippen molar-refractivity contribution in [2.24, 2.45) is 0 Å². The lowest BCUT2D eigenvalue weighted by Crippen LogP contribution is -2.48. The molecule has 0 bridgehead atoms. The third kappa shape index (κ3) is 7.20. The minimum absolute atomic E-state index is 0.126. The first kappa shape index (κ1) is 28.9. The highest BCUT2D eigenvalue weighted by Gasteiger charge is 2.31. The molecule has 0 unspecified atom stereocenters. The van der Waals surface area contributed by atoms with Crippen LogP contribution in [-0.4, -0.2) is 71.6 Å². The molecule has 3 aromatic rings. The normalized spacial score (nSPS) is 15.9. The standard InChI is InChI=1S/C29H32ClF3N6O2/c1-20(40)38-13-11-37(12-14-38)9-3-15-41-27-7-6-22(17-25(27)30)36-28-24-8-10-39(18-26(24)34-19-35-28)23-5-2-4-21(16-23)29(31,32)33/h2,4-7,16-17,19H,3,8-15,18H2,1H3,(H,34,35,36). The number of hydrogen-bond donors (Lipinski definition) is 1. The summed E-state index contributed by atoms with van der Waals surface area (Å²) >= 11 is 6.51. The average Bonchev–Trinajstić information content (AvgIpc) is 2.96. The number of ether oxygens (including phenoxy) is 1. The van der Waals surface area contributed by atoms with Gasteiger partial charge in [0, 0.05) is 63.1 Å². The number of aromatic nitrogens is 2. The summed E-state index contributed by atoms with van der Waals surface area (Å²) in [6, 6.07) is 10.8. The molecule has 0 radical (unpaired) electrons. The first-order chi connectivity index (χ1) is 19.7. The van der Waals surface area contributed by atoms with E-state index in [1.165, 1.54) is 18.5 Å². The van der Waals surface area contributed by atoms with Crippen LogP contribution in [0.3, 0.4) is 0 Å². The third-order valence-electron chi connectivity index (χ3n) is 7.43. The molecule has 1 amide bonds. The smallest absolute Gasteiger partial charge is 0.416 e. The molecule has 218 valence electrons. The second-order valence-corrected chi connectivity index (χ2v) is 10.6. The van der Waals surface area contributed by atoms with E-state index in [9.17, 15) is 18.0 Å². The van der Waals surface area contributed by atoms with E-state index in [4.69, 9.17) is 16.3 Å². The van der Waals surface area contributed by atoms with E-state index in [0.29, 0.717) is 48.4 Å². The number of anilines is 3. The molecule has 8 nitrogen and oxygen atoms in total. The lowest BCUT2D eigenvalue weighted by molar-refractivity contribution is -0.137. The summed E-state index contributed by atoms with van der Waals surface area (Å²) in [6.07, 6.45) is -1.51. The number of nitrogens with zero attached hydrogens (tertiary/aromatic N) is 5. The molecule has 0 atom stereocenters. The number of fused-ring (bicyclic) bond motifs is 1. The highest BCUT2D eigenvalue weighted by Crippen LogP contribution is 2.34. The number of benzene rings is 2. The molecule has 2 aliphatic rings. The monoisotopic (exact) mass is 588 g/mol. The Morgan fingerprint density at radius 2 is 1.88 bits per heavy atom. The van der Waals surface area contributed by atoms with Gasteiger partial charge in [-0.2, -0.15) is 13.2 Å². The number of carbonyl (C=O) groups excluding carboxylic acids is 1. The van der Waals surface area contributed by atoms with Gasteiger partial charge in [-0.15, -0.1) is 0 Å². The minimum atomic E-state index is -4.39. The second-order valence-electron chi connectivity index (χ2n) is 10.2. The summed E-state index contributed by atoms with van der Waals surface area (Å²) in [5, 5.41) is 3.79. The van der Waals surface area contributed by atoms with Gasteiger partial charge in [0.05, 0.1) is 29.4 Å². The Morgan fingerprint density at radius 1 is 1.07 bits per heavy atom. The van der Waals surface area contributed by atoms with E-state index in [0.717, 1.165) is 62.2 Å². The van der Waals surface area contributed by atoms with Crippen LogP contribution in [-0.2, 0) is 23.9 Å². The molecule has 1 saturated heterocycles. The molecule has 41 heavy (non-hydrogen) atoms. The number of amides is 1. The Hall–Kier alpha value is -3.57. The molecule has 1 N–H and O–H groups in total. The van der Waals surface area contributed by atoms with Gasteiger partial charge in [0.1, 0.15) is 17.9 Å². The van der Waals surface area contributed by atoms with Crippen molar-refractivity contribution < 1.29 is 22.7 Å². The maximum absolute atomic E-state index is 13.2.